The fourth-order valence-electron chi connectivity index (χ4n) is 6.87. The Morgan fingerprint density at radius 2 is 0.480 bits per heavy atom. The molecule has 0 spiro atoms. The Labute approximate surface area is 336 Å². The molecule has 0 unspecified atom stereocenters. The van der Waals surface area contributed by atoms with Gasteiger partial charge in [-0.2, -0.15) is 0 Å². The van der Waals surface area contributed by atoms with Gasteiger partial charge in [-0.15, -0.1) is 0 Å². The maximum atomic E-state index is 5.87. The standard InChI is InChI=1S/C36H74O.C12H10.Na.H/c1-3-5-7-9-11-13-15-17-19-21-23-25-27-29-31-33-35-37-36-34-32-30-28-26-24-22-20-18-16-14-12-10-8-6-4-2;1-3-7-11(8-4-1)12-9-5-2-6-10-12;;/h3-36H2,1-2H3;1-10H;;. The number of ether oxygens (including phenoxy) is 1. The second-order valence-corrected chi connectivity index (χ2v) is 15.0. The second kappa shape index (κ2) is 42.8. The van der Waals surface area contributed by atoms with Gasteiger partial charge in [0.05, 0.1) is 0 Å². The summed E-state index contributed by atoms with van der Waals surface area (Å²) in [5, 5.41) is 0. The SMILES string of the molecule is CCCCCCCCCCCCCCCCCCOCCCCCCCCCCCCCCCCCC.[NaH].c1ccc(-c2ccccc2)cc1. The zero-order chi connectivity index (χ0) is 35.0. The Kier molecular flexibility index (Phi) is 42.3. The molecule has 0 amide bonds. The Morgan fingerprint density at radius 1 is 0.280 bits per heavy atom. The maximum absolute atomic E-state index is 5.87. The molecule has 0 bridgehead atoms. The van der Waals surface area contributed by atoms with Gasteiger partial charge < -0.3 is 4.74 Å². The summed E-state index contributed by atoms with van der Waals surface area (Å²) >= 11 is 0. The van der Waals surface area contributed by atoms with Gasteiger partial charge in [0.15, 0.2) is 0 Å². The largest absolute Gasteiger partial charge is 0.0622 e. The van der Waals surface area contributed by atoms with Gasteiger partial charge >= 0.3 is 29.6 Å². The molecule has 0 heterocycles. The van der Waals surface area contributed by atoms with Crippen LogP contribution in [-0.4, -0.2) is 42.8 Å². The van der Waals surface area contributed by atoms with E-state index in [2.05, 4.69) is 62.4 Å². The van der Waals surface area contributed by atoms with Crippen LogP contribution in [0.3, 0.4) is 0 Å². The van der Waals surface area contributed by atoms with Crippen molar-refractivity contribution in [2.45, 2.75) is 219 Å². The number of hydrogen-bond acceptors (Lipinski definition) is 1. The van der Waals surface area contributed by atoms with Gasteiger partial charge in [-0.3, -0.25) is 0 Å². The van der Waals surface area contributed by atoms with Gasteiger partial charge in [0, 0.05) is 13.2 Å². The van der Waals surface area contributed by atoms with Gasteiger partial charge in [0.2, 0.25) is 0 Å². The van der Waals surface area contributed by atoms with E-state index < -0.39 is 0 Å². The van der Waals surface area contributed by atoms with E-state index in [1.54, 1.807) is 0 Å². The minimum Gasteiger partial charge on any atom is -0.0622 e. The zero-order valence-electron chi connectivity index (χ0n) is 33.2. The Hall–Kier alpha value is -0.600. The quantitative estimate of drug-likeness (QED) is 0.0514. The molecule has 2 heteroatoms. The zero-order valence-corrected chi connectivity index (χ0v) is 33.2. The van der Waals surface area contributed by atoms with E-state index in [-0.39, 0.29) is 29.6 Å². The Balaban J connectivity index is 0.00000152. The smallest absolute Gasteiger partial charge is 0.0184 e. The molecule has 0 aliphatic rings. The van der Waals surface area contributed by atoms with E-state index in [1.165, 1.54) is 217 Å². The first-order chi connectivity index (χ1) is 24.4. The van der Waals surface area contributed by atoms with Crippen LogP contribution in [0, 0.1) is 0 Å². The van der Waals surface area contributed by atoms with Crippen molar-refractivity contribution in [2.75, 3.05) is 13.2 Å². The first-order valence-corrected chi connectivity index (χ1v) is 22.1. The predicted molar refractivity (Wildman–Crippen MR) is 229 cm³/mol. The van der Waals surface area contributed by atoms with Crippen LogP contribution in [0.5, 0.6) is 0 Å². The molecule has 0 saturated heterocycles. The average Bonchev–Trinajstić information content (AvgIpc) is 3.14. The summed E-state index contributed by atoms with van der Waals surface area (Å²) in [6.45, 7) is 6.60. The van der Waals surface area contributed by atoms with Crippen molar-refractivity contribution in [3.8, 4) is 11.1 Å². The van der Waals surface area contributed by atoms with E-state index in [9.17, 15) is 0 Å². The molecular weight excluding hydrogens is 616 g/mol. The Morgan fingerprint density at radius 3 is 0.700 bits per heavy atom. The first kappa shape index (κ1) is 49.4. The fraction of sp³-hybridized carbons (Fsp3) is 0.750. The summed E-state index contributed by atoms with van der Waals surface area (Å²) in [6.07, 6.45) is 46.0. The van der Waals surface area contributed by atoms with E-state index in [1.807, 2.05) is 12.1 Å². The minimum atomic E-state index is 0. The van der Waals surface area contributed by atoms with Gasteiger partial charge in [0.25, 0.3) is 0 Å². The van der Waals surface area contributed by atoms with Crippen LogP contribution < -0.4 is 0 Å². The first-order valence-electron chi connectivity index (χ1n) is 22.1. The molecule has 0 fully saturated rings. The summed E-state index contributed by atoms with van der Waals surface area (Å²) in [4.78, 5) is 0. The fourth-order valence-corrected chi connectivity index (χ4v) is 6.87. The molecule has 0 aliphatic carbocycles. The van der Waals surface area contributed by atoms with Crippen LogP contribution in [0.4, 0.5) is 0 Å². The van der Waals surface area contributed by atoms with Crippen LogP contribution in [0.1, 0.15) is 219 Å². The van der Waals surface area contributed by atoms with Gasteiger partial charge in [-0.05, 0) is 24.0 Å². The van der Waals surface area contributed by atoms with E-state index in [0.717, 1.165) is 13.2 Å². The van der Waals surface area contributed by atoms with Crippen LogP contribution in [-0.2, 0) is 4.74 Å². The summed E-state index contributed by atoms with van der Waals surface area (Å²) in [6, 6.07) is 20.8. The van der Waals surface area contributed by atoms with Crippen molar-refractivity contribution < 1.29 is 4.74 Å². The van der Waals surface area contributed by atoms with E-state index in [0.29, 0.717) is 0 Å². The molecule has 2 aromatic carbocycles. The summed E-state index contributed by atoms with van der Waals surface area (Å²) in [7, 11) is 0. The summed E-state index contributed by atoms with van der Waals surface area (Å²) in [5.41, 5.74) is 2.55. The van der Waals surface area contributed by atoms with Crippen molar-refractivity contribution in [1.29, 1.82) is 0 Å². The minimum absolute atomic E-state index is 0. The van der Waals surface area contributed by atoms with Crippen LogP contribution in [0.15, 0.2) is 60.7 Å². The predicted octanol–water partition coefficient (Wildman–Crippen LogP) is 16.2. The summed E-state index contributed by atoms with van der Waals surface area (Å²) < 4.78 is 5.87. The molecule has 0 radical (unpaired) electrons. The molecule has 2 aromatic rings. The number of benzene rings is 2. The molecule has 1 nitrogen and oxygen atoms in total. The van der Waals surface area contributed by atoms with Crippen molar-refractivity contribution in [1.82, 2.24) is 0 Å². The molecule has 0 aromatic heterocycles. The van der Waals surface area contributed by atoms with Crippen molar-refractivity contribution in [3.63, 3.8) is 0 Å². The van der Waals surface area contributed by atoms with Gasteiger partial charge in [-0.25, -0.2) is 0 Å². The maximum Gasteiger partial charge on any atom is -0.0184 e. The van der Waals surface area contributed by atoms with E-state index >= 15 is 0 Å². The third-order valence-corrected chi connectivity index (χ3v) is 10.2. The number of unbranched alkanes of at least 4 members (excludes halogenated alkanes) is 30. The molecule has 0 atom stereocenters. The molecule has 0 aliphatic heterocycles. The van der Waals surface area contributed by atoms with Crippen molar-refractivity contribution >= 4 is 29.6 Å². The Bertz CT molecular complexity index is 781. The number of rotatable bonds is 35. The molecule has 0 saturated carbocycles. The molecular formula is C48H85NaO. The van der Waals surface area contributed by atoms with Gasteiger partial charge in [-0.1, -0.05) is 267 Å². The average molecular weight is 701 g/mol. The molecule has 284 valence electrons. The van der Waals surface area contributed by atoms with Crippen LogP contribution in [0.25, 0.3) is 11.1 Å². The van der Waals surface area contributed by atoms with Gasteiger partial charge in [0.1, 0.15) is 0 Å². The van der Waals surface area contributed by atoms with Crippen LogP contribution >= 0.6 is 0 Å². The molecule has 50 heavy (non-hydrogen) atoms. The van der Waals surface area contributed by atoms with Crippen molar-refractivity contribution in [3.05, 3.63) is 60.7 Å². The monoisotopic (exact) mass is 701 g/mol. The normalized spacial score (nSPS) is 10.8. The third kappa shape index (κ3) is 35.8. The number of hydrogen-bond donors (Lipinski definition) is 0. The third-order valence-electron chi connectivity index (χ3n) is 10.2. The molecule has 2 rings (SSSR count). The molecule has 0 N–H and O–H groups in total. The topological polar surface area (TPSA) is 9.23 Å². The van der Waals surface area contributed by atoms with Crippen molar-refractivity contribution in [2.24, 2.45) is 0 Å². The van der Waals surface area contributed by atoms with E-state index in [4.69, 9.17) is 4.74 Å². The second-order valence-electron chi connectivity index (χ2n) is 15.0. The summed E-state index contributed by atoms with van der Waals surface area (Å²) in [5.74, 6) is 0. The van der Waals surface area contributed by atoms with Crippen LogP contribution in [0.2, 0.25) is 0 Å².